The van der Waals surface area contributed by atoms with Crippen LogP contribution in [0.4, 0.5) is 0 Å². The van der Waals surface area contributed by atoms with Crippen LogP contribution in [-0.2, 0) is 0 Å². The van der Waals surface area contributed by atoms with Gasteiger partial charge in [0.1, 0.15) is 0 Å². The van der Waals surface area contributed by atoms with Crippen molar-refractivity contribution < 1.29 is 9.90 Å². The van der Waals surface area contributed by atoms with Crippen LogP contribution in [0.1, 0.15) is 16.8 Å². The Morgan fingerprint density at radius 2 is 2.12 bits per heavy atom. The predicted molar refractivity (Wildman–Crippen MR) is 61.0 cm³/mol. The Balaban J connectivity index is 2.08. The van der Waals surface area contributed by atoms with Gasteiger partial charge in [-0.25, -0.2) is 0 Å². The highest BCUT2D eigenvalue weighted by Gasteiger charge is 2.36. The molecule has 0 radical (unpaired) electrons. The van der Waals surface area contributed by atoms with Crippen LogP contribution in [-0.4, -0.2) is 41.1 Å². The Morgan fingerprint density at radius 1 is 1.44 bits per heavy atom. The molecular weight excluding hydrogens is 204 g/mol. The van der Waals surface area contributed by atoms with Gasteiger partial charge in [0.05, 0.1) is 12.1 Å². The monoisotopic (exact) mass is 220 g/mol. The summed E-state index contributed by atoms with van der Waals surface area (Å²) in [6.45, 7) is 0.966. The van der Waals surface area contributed by atoms with Gasteiger partial charge in [0.2, 0.25) is 0 Å². The lowest BCUT2D eigenvalue weighted by molar-refractivity contribution is 0.0775. The maximum Gasteiger partial charge on any atom is 0.253 e. The zero-order valence-corrected chi connectivity index (χ0v) is 9.10. The lowest BCUT2D eigenvalue weighted by atomic mass is 10.0. The van der Waals surface area contributed by atoms with Crippen LogP contribution in [0.3, 0.4) is 0 Å². The number of aliphatic hydroxyl groups is 1. The van der Waals surface area contributed by atoms with E-state index in [4.69, 9.17) is 10.8 Å². The molecule has 1 aliphatic heterocycles. The van der Waals surface area contributed by atoms with Gasteiger partial charge in [-0.1, -0.05) is 18.2 Å². The standard InChI is InChI=1S/C12H16N2O2/c13-12(9-15)6-7-14(8-12)11(16)10-4-2-1-3-5-10/h1-5,15H,6-9,13H2. The number of aliphatic hydroxyl groups excluding tert-OH is 1. The van der Waals surface area contributed by atoms with E-state index < -0.39 is 5.54 Å². The van der Waals surface area contributed by atoms with Crippen molar-refractivity contribution in [3.63, 3.8) is 0 Å². The van der Waals surface area contributed by atoms with Crippen molar-refractivity contribution in [2.45, 2.75) is 12.0 Å². The molecule has 1 heterocycles. The van der Waals surface area contributed by atoms with Gasteiger partial charge in [0, 0.05) is 18.7 Å². The fourth-order valence-electron chi connectivity index (χ4n) is 1.96. The highest BCUT2D eigenvalue weighted by Crippen LogP contribution is 2.20. The number of nitrogens with two attached hydrogens (primary N) is 1. The van der Waals surface area contributed by atoms with E-state index in [0.717, 1.165) is 0 Å². The second-order valence-electron chi connectivity index (χ2n) is 4.36. The maximum absolute atomic E-state index is 12.0. The molecule has 1 aromatic rings. The molecule has 1 unspecified atom stereocenters. The zero-order chi connectivity index (χ0) is 11.6. The number of hydrogen-bond donors (Lipinski definition) is 2. The Bertz CT molecular complexity index is 380. The van der Waals surface area contributed by atoms with Crippen LogP contribution in [0.15, 0.2) is 30.3 Å². The van der Waals surface area contributed by atoms with Gasteiger partial charge < -0.3 is 15.7 Å². The molecule has 86 valence electrons. The van der Waals surface area contributed by atoms with E-state index in [2.05, 4.69) is 0 Å². The Hall–Kier alpha value is -1.39. The minimum atomic E-state index is -0.621. The lowest BCUT2D eigenvalue weighted by Crippen LogP contribution is -2.46. The largest absolute Gasteiger partial charge is 0.394 e. The molecule has 1 aromatic carbocycles. The number of carbonyl (C=O) groups is 1. The fraction of sp³-hybridized carbons (Fsp3) is 0.417. The van der Waals surface area contributed by atoms with E-state index in [0.29, 0.717) is 25.1 Å². The molecule has 0 aliphatic carbocycles. The summed E-state index contributed by atoms with van der Waals surface area (Å²) >= 11 is 0. The number of nitrogens with zero attached hydrogens (tertiary/aromatic N) is 1. The number of rotatable bonds is 2. The first kappa shape index (κ1) is 11.1. The first-order valence-electron chi connectivity index (χ1n) is 5.39. The molecule has 3 N–H and O–H groups in total. The molecule has 0 aromatic heterocycles. The maximum atomic E-state index is 12.0. The van der Waals surface area contributed by atoms with Gasteiger partial charge in [-0.05, 0) is 18.6 Å². The molecule has 1 atom stereocenters. The molecule has 1 amide bonds. The Kier molecular flexibility index (Phi) is 2.94. The molecule has 2 rings (SSSR count). The lowest BCUT2D eigenvalue weighted by Gasteiger charge is -2.22. The number of hydrogen-bond acceptors (Lipinski definition) is 3. The first-order chi connectivity index (χ1) is 7.64. The van der Waals surface area contributed by atoms with Crippen LogP contribution >= 0.6 is 0 Å². The van der Waals surface area contributed by atoms with Gasteiger partial charge in [-0.2, -0.15) is 0 Å². The second kappa shape index (κ2) is 4.23. The summed E-state index contributed by atoms with van der Waals surface area (Å²) in [5.41, 5.74) is 5.97. The summed E-state index contributed by atoms with van der Waals surface area (Å²) < 4.78 is 0. The molecule has 4 heteroatoms. The van der Waals surface area contributed by atoms with Crippen LogP contribution in [0.2, 0.25) is 0 Å². The molecule has 0 bridgehead atoms. The molecule has 16 heavy (non-hydrogen) atoms. The summed E-state index contributed by atoms with van der Waals surface area (Å²) in [5.74, 6) is -0.0126. The number of benzene rings is 1. The average Bonchev–Trinajstić information content (AvgIpc) is 2.73. The molecular formula is C12H16N2O2. The van der Waals surface area contributed by atoms with E-state index in [-0.39, 0.29) is 12.5 Å². The molecule has 1 aliphatic rings. The average molecular weight is 220 g/mol. The van der Waals surface area contributed by atoms with Crippen molar-refractivity contribution in [3.8, 4) is 0 Å². The molecule has 0 spiro atoms. The third kappa shape index (κ3) is 2.08. The van der Waals surface area contributed by atoms with E-state index in [1.807, 2.05) is 18.2 Å². The molecule has 1 saturated heterocycles. The van der Waals surface area contributed by atoms with Crippen molar-refractivity contribution in [2.75, 3.05) is 19.7 Å². The van der Waals surface area contributed by atoms with E-state index in [9.17, 15) is 4.79 Å². The first-order valence-corrected chi connectivity index (χ1v) is 5.39. The number of likely N-dealkylation sites (tertiary alicyclic amines) is 1. The van der Waals surface area contributed by atoms with Crippen molar-refractivity contribution >= 4 is 5.91 Å². The molecule has 0 saturated carbocycles. The van der Waals surface area contributed by atoms with Gasteiger partial charge in [0.15, 0.2) is 0 Å². The van der Waals surface area contributed by atoms with Crippen molar-refractivity contribution in [2.24, 2.45) is 5.73 Å². The summed E-state index contributed by atoms with van der Waals surface area (Å²) in [5, 5.41) is 9.13. The highest BCUT2D eigenvalue weighted by molar-refractivity contribution is 5.94. The van der Waals surface area contributed by atoms with Crippen molar-refractivity contribution in [1.29, 1.82) is 0 Å². The number of carbonyl (C=O) groups excluding carboxylic acids is 1. The Morgan fingerprint density at radius 3 is 2.69 bits per heavy atom. The smallest absolute Gasteiger partial charge is 0.253 e. The van der Waals surface area contributed by atoms with Crippen LogP contribution in [0, 0.1) is 0 Å². The summed E-state index contributed by atoms with van der Waals surface area (Å²) in [7, 11) is 0. The zero-order valence-electron chi connectivity index (χ0n) is 9.10. The van der Waals surface area contributed by atoms with Crippen LogP contribution in [0.5, 0.6) is 0 Å². The summed E-state index contributed by atoms with van der Waals surface area (Å²) in [6, 6.07) is 9.13. The Labute approximate surface area is 94.7 Å². The summed E-state index contributed by atoms with van der Waals surface area (Å²) in [6.07, 6.45) is 0.655. The third-order valence-electron chi connectivity index (χ3n) is 3.01. The van der Waals surface area contributed by atoms with Gasteiger partial charge in [0.25, 0.3) is 5.91 Å². The second-order valence-corrected chi connectivity index (χ2v) is 4.36. The van der Waals surface area contributed by atoms with Gasteiger partial charge in [-0.3, -0.25) is 4.79 Å². The van der Waals surface area contributed by atoms with E-state index in [1.165, 1.54) is 0 Å². The van der Waals surface area contributed by atoms with Crippen molar-refractivity contribution in [1.82, 2.24) is 4.90 Å². The quantitative estimate of drug-likeness (QED) is 0.749. The van der Waals surface area contributed by atoms with Gasteiger partial charge in [-0.15, -0.1) is 0 Å². The van der Waals surface area contributed by atoms with Gasteiger partial charge >= 0.3 is 0 Å². The normalized spacial score (nSPS) is 24.8. The number of amides is 1. The summed E-state index contributed by atoms with van der Waals surface area (Å²) in [4.78, 5) is 13.7. The predicted octanol–water partition coefficient (Wildman–Crippen LogP) is 0.222. The van der Waals surface area contributed by atoms with E-state index in [1.54, 1.807) is 17.0 Å². The van der Waals surface area contributed by atoms with E-state index >= 15 is 0 Å². The topological polar surface area (TPSA) is 66.6 Å². The van der Waals surface area contributed by atoms with Crippen LogP contribution < -0.4 is 5.73 Å². The molecule has 1 fully saturated rings. The third-order valence-corrected chi connectivity index (χ3v) is 3.01. The minimum Gasteiger partial charge on any atom is -0.394 e. The fourth-order valence-corrected chi connectivity index (χ4v) is 1.96. The SMILES string of the molecule is NC1(CO)CCN(C(=O)c2ccccc2)C1. The highest BCUT2D eigenvalue weighted by atomic mass is 16.3. The van der Waals surface area contributed by atoms with Crippen molar-refractivity contribution in [3.05, 3.63) is 35.9 Å². The van der Waals surface area contributed by atoms with Crippen LogP contribution in [0.25, 0.3) is 0 Å². The molecule has 4 nitrogen and oxygen atoms in total. The minimum absolute atomic E-state index is 0.0126.